The first-order chi connectivity index (χ1) is 12.3. The third kappa shape index (κ3) is 4.13. The quantitative estimate of drug-likeness (QED) is 0.745. The molecule has 0 aliphatic carbocycles. The Morgan fingerprint density at radius 2 is 2.00 bits per heavy atom. The van der Waals surface area contributed by atoms with Crippen molar-refractivity contribution in [3.8, 4) is 0 Å². The number of nitrogens with zero attached hydrogens (tertiary/aromatic N) is 5. The highest BCUT2D eigenvalue weighted by Crippen LogP contribution is 2.18. The molecule has 3 heterocycles. The fraction of sp³-hybridized carbons (Fsp3) is 0.438. The Kier molecular flexibility index (Phi) is 5.12. The van der Waals surface area contributed by atoms with Gasteiger partial charge in [-0.3, -0.25) is 4.79 Å². The number of pyridine rings is 1. The molecule has 140 valence electrons. The Balaban J connectivity index is 1.64. The standard InChI is InChI=1S/C16H21N5O4S/c1-13-11-15(18-25-13)21(26(2,23)24)12-16(22)20-9-7-19(8-10-20)14-5-3-4-6-17-14/h3-6,11H,7-10,12H2,1-2H3. The van der Waals surface area contributed by atoms with Crippen molar-refractivity contribution in [3.05, 3.63) is 36.2 Å². The van der Waals surface area contributed by atoms with Crippen LogP contribution in [0.15, 0.2) is 35.0 Å². The molecule has 0 unspecified atom stereocenters. The number of amides is 1. The van der Waals surface area contributed by atoms with Crippen molar-refractivity contribution in [1.29, 1.82) is 0 Å². The second kappa shape index (κ2) is 7.32. The van der Waals surface area contributed by atoms with E-state index in [0.717, 1.165) is 16.4 Å². The second-order valence-corrected chi connectivity index (χ2v) is 8.03. The third-order valence-electron chi connectivity index (χ3n) is 4.16. The summed E-state index contributed by atoms with van der Waals surface area (Å²) in [7, 11) is -3.65. The molecule has 0 aromatic carbocycles. The molecule has 2 aromatic heterocycles. The van der Waals surface area contributed by atoms with Crippen LogP contribution in [0, 0.1) is 6.92 Å². The van der Waals surface area contributed by atoms with Crippen molar-refractivity contribution >= 4 is 27.6 Å². The number of rotatable bonds is 5. The largest absolute Gasteiger partial charge is 0.360 e. The highest BCUT2D eigenvalue weighted by Gasteiger charge is 2.28. The maximum atomic E-state index is 12.6. The first-order valence-electron chi connectivity index (χ1n) is 8.19. The predicted octanol–water partition coefficient (Wildman–Crippen LogP) is 0.493. The van der Waals surface area contributed by atoms with Crippen molar-refractivity contribution < 1.29 is 17.7 Å². The SMILES string of the molecule is Cc1cc(N(CC(=O)N2CCN(c3ccccn3)CC2)S(C)(=O)=O)no1. The van der Waals surface area contributed by atoms with Crippen LogP contribution >= 0.6 is 0 Å². The molecule has 1 aliphatic heterocycles. The molecular weight excluding hydrogens is 358 g/mol. The van der Waals surface area contributed by atoms with Crippen molar-refractivity contribution in [3.63, 3.8) is 0 Å². The van der Waals surface area contributed by atoms with E-state index in [4.69, 9.17) is 4.52 Å². The van der Waals surface area contributed by atoms with Gasteiger partial charge in [-0.1, -0.05) is 11.2 Å². The summed E-state index contributed by atoms with van der Waals surface area (Å²) in [6, 6.07) is 7.20. The van der Waals surface area contributed by atoms with Crippen LogP contribution < -0.4 is 9.21 Å². The maximum Gasteiger partial charge on any atom is 0.243 e. The lowest BCUT2D eigenvalue weighted by atomic mass is 10.3. The van der Waals surface area contributed by atoms with Crippen molar-refractivity contribution in [2.75, 3.05) is 48.2 Å². The molecule has 0 N–H and O–H groups in total. The molecule has 1 aliphatic rings. The van der Waals surface area contributed by atoms with E-state index in [-0.39, 0.29) is 18.3 Å². The summed E-state index contributed by atoms with van der Waals surface area (Å²) in [6.07, 6.45) is 2.78. The van der Waals surface area contributed by atoms with Gasteiger partial charge in [0.25, 0.3) is 0 Å². The Bertz CT molecular complexity index is 860. The lowest BCUT2D eigenvalue weighted by molar-refractivity contribution is -0.129. The number of aromatic nitrogens is 2. The van der Waals surface area contributed by atoms with Crippen LogP contribution in [-0.4, -0.2) is 68.3 Å². The highest BCUT2D eigenvalue weighted by molar-refractivity contribution is 7.92. The van der Waals surface area contributed by atoms with Gasteiger partial charge in [0.05, 0.1) is 6.26 Å². The lowest BCUT2D eigenvalue weighted by Gasteiger charge is -2.36. The van der Waals surface area contributed by atoms with Gasteiger partial charge in [0.15, 0.2) is 5.82 Å². The fourth-order valence-corrected chi connectivity index (χ4v) is 3.56. The van der Waals surface area contributed by atoms with E-state index in [1.807, 2.05) is 18.2 Å². The summed E-state index contributed by atoms with van der Waals surface area (Å²) in [5, 5.41) is 3.72. The number of anilines is 2. The summed E-state index contributed by atoms with van der Waals surface area (Å²) in [5.74, 6) is 1.20. The van der Waals surface area contributed by atoms with Gasteiger partial charge in [-0.25, -0.2) is 17.7 Å². The molecule has 26 heavy (non-hydrogen) atoms. The number of piperazine rings is 1. The maximum absolute atomic E-state index is 12.6. The van der Waals surface area contributed by atoms with Crippen LogP contribution in [0.4, 0.5) is 11.6 Å². The molecule has 0 saturated carbocycles. The normalized spacial score (nSPS) is 15.2. The summed E-state index contributed by atoms with van der Waals surface area (Å²) in [4.78, 5) is 20.7. The van der Waals surface area contributed by atoms with Crippen LogP contribution in [0.2, 0.25) is 0 Å². The van der Waals surface area contributed by atoms with Crippen molar-refractivity contribution in [2.24, 2.45) is 0 Å². The van der Waals surface area contributed by atoms with Gasteiger partial charge in [-0.15, -0.1) is 0 Å². The molecule has 0 atom stereocenters. The third-order valence-corrected chi connectivity index (χ3v) is 5.27. The summed E-state index contributed by atoms with van der Waals surface area (Å²) in [6.45, 7) is 3.66. The lowest BCUT2D eigenvalue weighted by Crippen LogP contribution is -2.52. The van der Waals surface area contributed by atoms with Gasteiger partial charge in [-0.05, 0) is 19.1 Å². The molecule has 10 heteroatoms. The van der Waals surface area contributed by atoms with Gasteiger partial charge < -0.3 is 14.3 Å². The summed E-state index contributed by atoms with van der Waals surface area (Å²) in [5.41, 5.74) is 0. The summed E-state index contributed by atoms with van der Waals surface area (Å²) >= 11 is 0. The highest BCUT2D eigenvalue weighted by atomic mass is 32.2. The Morgan fingerprint density at radius 1 is 1.27 bits per heavy atom. The van der Waals surface area contributed by atoms with Gasteiger partial charge in [-0.2, -0.15) is 0 Å². The molecule has 1 saturated heterocycles. The predicted molar refractivity (Wildman–Crippen MR) is 96.5 cm³/mol. The topological polar surface area (TPSA) is 99.9 Å². The smallest absolute Gasteiger partial charge is 0.243 e. The Labute approximate surface area is 152 Å². The number of carbonyl (C=O) groups excluding carboxylic acids is 1. The Hall–Kier alpha value is -2.62. The molecule has 2 aromatic rings. The zero-order chi connectivity index (χ0) is 18.7. The van der Waals surface area contributed by atoms with Crippen LogP contribution in [0.1, 0.15) is 5.76 Å². The fourth-order valence-electron chi connectivity index (χ4n) is 2.79. The van der Waals surface area contributed by atoms with Gasteiger partial charge >= 0.3 is 0 Å². The van der Waals surface area contributed by atoms with E-state index in [1.165, 1.54) is 6.07 Å². The van der Waals surface area contributed by atoms with Crippen LogP contribution in [0.5, 0.6) is 0 Å². The molecule has 0 radical (unpaired) electrons. The molecule has 1 amide bonds. The van der Waals surface area contributed by atoms with E-state index >= 15 is 0 Å². The minimum absolute atomic E-state index is 0.116. The average molecular weight is 379 g/mol. The number of hydrogen-bond donors (Lipinski definition) is 0. The minimum atomic E-state index is -3.65. The van der Waals surface area contributed by atoms with E-state index in [9.17, 15) is 13.2 Å². The number of hydrogen-bond acceptors (Lipinski definition) is 7. The van der Waals surface area contributed by atoms with Gasteiger partial charge in [0.2, 0.25) is 15.9 Å². The van der Waals surface area contributed by atoms with Crippen molar-refractivity contribution in [2.45, 2.75) is 6.92 Å². The number of aryl methyl sites for hydroxylation is 1. The van der Waals surface area contributed by atoms with Crippen LogP contribution in [0.25, 0.3) is 0 Å². The first-order valence-corrected chi connectivity index (χ1v) is 10.0. The molecular formula is C16H21N5O4S. The molecule has 1 fully saturated rings. The monoisotopic (exact) mass is 379 g/mol. The van der Waals surface area contributed by atoms with E-state index in [2.05, 4.69) is 15.0 Å². The van der Waals surface area contributed by atoms with Crippen LogP contribution in [0.3, 0.4) is 0 Å². The Morgan fingerprint density at radius 3 is 2.54 bits per heavy atom. The molecule has 0 spiro atoms. The molecule has 0 bridgehead atoms. The molecule has 9 nitrogen and oxygen atoms in total. The summed E-state index contributed by atoms with van der Waals surface area (Å²) < 4.78 is 30.0. The molecule has 3 rings (SSSR count). The minimum Gasteiger partial charge on any atom is -0.360 e. The first kappa shape index (κ1) is 18.2. The average Bonchev–Trinajstić information content (AvgIpc) is 3.05. The van der Waals surface area contributed by atoms with Crippen molar-refractivity contribution in [1.82, 2.24) is 15.0 Å². The van der Waals surface area contributed by atoms with Gasteiger partial charge in [0.1, 0.15) is 18.1 Å². The zero-order valence-corrected chi connectivity index (χ0v) is 15.5. The van der Waals surface area contributed by atoms with E-state index < -0.39 is 10.0 Å². The van der Waals surface area contributed by atoms with Gasteiger partial charge in [0, 0.05) is 38.4 Å². The number of carbonyl (C=O) groups is 1. The number of sulfonamides is 1. The van der Waals surface area contributed by atoms with E-state index in [1.54, 1.807) is 18.0 Å². The van der Waals surface area contributed by atoms with E-state index in [0.29, 0.717) is 31.9 Å². The van der Waals surface area contributed by atoms with Crippen LogP contribution in [-0.2, 0) is 14.8 Å². The second-order valence-electron chi connectivity index (χ2n) is 6.12. The zero-order valence-electron chi connectivity index (χ0n) is 14.7.